The zero-order chi connectivity index (χ0) is 28.7. The SMILES string of the molecule is COc1cc(C=C2SC(N3CCN(C(c4ccccc4)c4ccccc4)CC3)=NC2=O)ccc1OCc1ccccc1. The summed E-state index contributed by atoms with van der Waals surface area (Å²) in [4.78, 5) is 22.7. The molecule has 0 radical (unpaired) electrons. The van der Waals surface area contributed by atoms with Crippen molar-refractivity contribution in [3.8, 4) is 11.5 Å². The Bertz CT molecular complexity index is 1530. The van der Waals surface area contributed by atoms with E-state index in [1.54, 1.807) is 7.11 Å². The molecule has 7 heteroatoms. The van der Waals surface area contributed by atoms with Gasteiger partial charge < -0.3 is 14.4 Å². The zero-order valence-electron chi connectivity index (χ0n) is 23.6. The molecule has 0 bridgehead atoms. The monoisotopic (exact) mass is 575 g/mol. The minimum atomic E-state index is -0.202. The van der Waals surface area contributed by atoms with Gasteiger partial charge in [0.2, 0.25) is 0 Å². The number of hydrogen-bond acceptors (Lipinski definition) is 6. The van der Waals surface area contributed by atoms with E-state index in [4.69, 9.17) is 9.47 Å². The number of aliphatic imine (C=N–C) groups is 1. The second kappa shape index (κ2) is 13.1. The number of amidine groups is 1. The van der Waals surface area contributed by atoms with E-state index in [-0.39, 0.29) is 11.9 Å². The van der Waals surface area contributed by atoms with Gasteiger partial charge in [-0.25, -0.2) is 0 Å². The first-order valence-corrected chi connectivity index (χ1v) is 15.0. The highest BCUT2D eigenvalue weighted by Crippen LogP contribution is 2.35. The van der Waals surface area contributed by atoms with Gasteiger partial charge in [-0.2, -0.15) is 4.99 Å². The number of hydrogen-bond donors (Lipinski definition) is 0. The van der Waals surface area contributed by atoms with Crippen LogP contribution in [0, 0.1) is 0 Å². The average molecular weight is 576 g/mol. The van der Waals surface area contributed by atoms with Gasteiger partial charge in [-0.1, -0.05) is 97.1 Å². The van der Waals surface area contributed by atoms with Crippen LogP contribution in [-0.4, -0.2) is 54.2 Å². The fourth-order valence-electron chi connectivity index (χ4n) is 5.37. The van der Waals surface area contributed by atoms with Crippen molar-refractivity contribution in [1.29, 1.82) is 0 Å². The fourth-order valence-corrected chi connectivity index (χ4v) is 6.33. The summed E-state index contributed by atoms with van der Waals surface area (Å²) in [6, 6.07) is 37.3. The van der Waals surface area contributed by atoms with E-state index in [9.17, 15) is 4.79 Å². The largest absolute Gasteiger partial charge is 0.493 e. The highest BCUT2D eigenvalue weighted by atomic mass is 32.2. The van der Waals surface area contributed by atoms with Crippen molar-refractivity contribution >= 4 is 28.9 Å². The first kappa shape index (κ1) is 27.8. The number of carbonyl (C=O) groups excluding carboxylic acids is 1. The first-order valence-electron chi connectivity index (χ1n) is 14.1. The molecule has 6 nitrogen and oxygen atoms in total. The number of amides is 1. The van der Waals surface area contributed by atoms with Crippen molar-refractivity contribution in [2.45, 2.75) is 12.6 Å². The van der Waals surface area contributed by atoms with E-state index in [1.165, 1.54) is 22.9 Å². The summed E-state index contributed by atoms with van der Waals surface area (Å²) in [5.41, 5.74) is 4.53. The molecule has 1 fully saturated rings. The third-order valence-electron chi connectivity index (χ3n) is 7.51. The van der Waals surface area contributed by atoms with Gasteiger partial charge in [-0.15, -0.1) is 0 Å². The van der Waals surface area contributed by atoms with Gasteiger partial charge in [0, 0.05) is 26.2 Å². The Kier molecular flexibility index (Phi) is 8.68. The molecule has 1 amide bonds. The van der Waals surface area contributed by atoms with Crippen molar-refractivity contribution in [2.75, 3.05) is 33.3 Å². The van der Waals surface area contributed by atoms with Gasteiger partial charge in [-0.05, 0) is 52.2 Å². The maximum Gasteiger partial charge on any atom is 0.286 e. The molecule has 4 aromatic rings. The number of thioether (sulfide) groups is 1. The number of carbonyl (C=O) groups is 1. The zero-order valence-corrected chi connectivity index (χ0v) is 24.4. The quantitative estimate of drug-likeness (QED) is 0.219. The van der Waals surface area contributed by atoms with Crippen molar-refractivity contribution in [3.05, 3.63) is 136 Å². The van der Waals surface area contributed by atoms with Crippen LogP contribution in [0.25, 0.3) is 6.08 Å². The van der Waals surface area contributed by atoms with Gasteiger partial charge in [0.05, 0.1) is 18.1 Å². The van der Waals surface area contributed by atoms with Crippen LogP contribution in [0.4, 0.5) is 0 Å². The standard InChI is InChI=1S/C35H33N3O3S/c1-40-31-23-27(17-18-30(31)41-25-26-11-5-2-6-12-26)24-32-34(39)36-35(42-32)38-21-19-37(20-22-38)33(28-13-7-3-8-14-28)29-15-9-4-10-16-29/h2-18,23-24,33H,19-22,25H2,1H3. The van der Waals surface area contributed by atoms with Gasteiger partial charge in [-0.3, -0.25) is 9.69 Å². The van der Waals surface area contributed by atoms with Crippen LogP contribution in [0.2, 0.25) is 0 Å². The predicted octanol–water partition coefficient (Wildman–Crippen LogP) is 6.65. The second-order valence-corrected chi connectivity index (χ2v) is 11.3. The van der Waals surface area contributed by atoms with Gasteiger partial charge in [0.15, 0.2) is 16.7 Å². The predicted molar refractivity (Wildman–Crippen MR) is 170 cm³/mol. The van der Waals surface area contributed by atoms with E-state index < -0.39 is 0 Å². The Hall–Kier alpha value is -4.33. The molecule has 0 N–H and O–H groups in total. The van der Waals surface area contributed by atoms with Crippen molar-refractivity contribution in [2.24, 2.45) is 4.99 Å². The molecule has 0 saturated carbocycles. The van der Waals surface area contributed by atoms with Crippen LogP contribution >= 0.6 is 11.8 Å². The highest BCUT2D eigenvalue weighted by Gasteiger charge is 2.31. The van der Waals surface area contributed by atoms with Crippen molar-refractivity contribution in [1.82, 2.24) is 9.80 Å². The molecule has 42 heavy (non-hydrogen) atoms. The Labute approximate surface area is 251 Å². The number of methoxy groups -OCH3 is 1. The van der Waals surface area contributed by atoms with Crippen molar-refractivity contribution in [3.63, 3.8) is 0 Å². The van der Waals surface area contributed by atoms with Crippen LogP contribution in [0.15, 0.2) is 119 Å². The Morgan fingerprint density at radius 3 is 2.05 bits per heavy atom. The fraction of sp³-hybridized carbons (Fsp3) is 0.200. The average Bonchev–Trinajstić information content (AvgIpc) is 3.42. The smallest absolute Gasteiger partial charge is 0.286 e. The summed E-state index contributed by atoms with van der Waals surface area (Å²) in [6.07, 6.45) is 1.88. The lowest BCUT2D eigenvalue weighted by molar-refractivity contribution is -0.113. The first-order chi connectivity index (χ1) is 20.7. The third-order valence-corrected chi connectivity index (χ3v) is 8.56. The third kappa shape index (κ3) is 6.43. The number of ether oxygens (including phenoxy) is 2. The van der Waals surface area contributed by atoms with Crippen LogP contribution in [0.3, 0.4) is 0 Å². The maximum atomic E-state index is 12.9. The van der Waals surface area contributed by atoms with E-state index in [2.05, 4.69) is 75.5 Å². The molecule has 2 aliphatic heterocycles. The Morgan fingerprint density at radius 2 is 1.43 bits per heavy atom. The topological polar surface area (TPSA) is 54.4 Å². The molecule has 0 unspecified atom stereocenters. The second-order valence-electron chi connectivity index (χ2n) is 10.2. The van der Waals surface area contributed by atoms with Crippen LogP contribution < -0.4 is 9.47 Å². The van der Waals surface area contributed by atoms with Gasteiger partial charge in [0.25, 0.3) is 5.91 Å². The molecule has 212 valence electrons. The van der Waals surface area contributed by atoms with Crippen molar-refractivity contribution < 1.29 is 14.3 Å². The van der Waals surface area contributed by atoms with Crippen LogP contribution in [0.5, 0.6) is 11.5 Å². The summed E-state index contributed by atoms with van der Waals surface area (Å²) >= 11 is 1.44. The Morgan fingerprint density at radius 1 is 0.810 bits per heavy atom. The molecule has 0 spiro atoms. The number of nitrogens with zero attached hydrogens (tertiary/aromatic N) is 3. The van der Waals surface area contributed by atoms with E-state index in [0.29, 0.717) is 23.0 Å². The molecular weight excluding hydrogens is 542 g/mol. The molecular formula is C35H33N3O3S. The van der Waals surface area contributed by atoms with Crippen LogP contribution in [0.1, 0.15) is 28.3 Å². The van der Waals surface area contributed by atoms with Gasteiger partial charge >= 0.3 is 0 Å². The normalized spacial score (nSPS) is 16.6. The lowest BCUT2D eigenvalue weighted by Gasteiger charge is -2.40. The summed E-state index contributed by atoms with van der Waals surface area (Å²) in [7, 11) is 1.62. The minimum Gasteiger partial charge on any atom is -0.493 e. The number of rotatable bonds is 8. The summed E-state index contributed by atoms with van der Waals surface area (Å²) in [5.74, 6) is 1.08. The molecule has 6 rings (SSSR count). The van der Waals surface area contributed by atoms with Gasteiger partial charge in [0.1, 0.15) is 6.61 Å². The molecule has 2 aliphatic rings. The van der Waals surface area contributed by atoms with E-state index >= 15 is 0 Å². The Balaban J connectivity index is 1.10. The number of piperazine rings is 1. The molecule has 2 heterocycles. The van der Waals surface area contributed by atoms with Crippen LogP contribution in [-0.2, 0) is 11.4 Å². The summed E-state index contributed by atoms with van der Waals surface area (Å²) in [6.45, 7) is 3.83. The maximum absolute atomic E-state index is 12.9. The highest BCUT2D eigenvalue weighted by molar-refractivity contribution is 8.18. The molecule has 0 atom stereocenters. The van der Waals surface area contributed by atoms with E-state index in [1.807, 2.05) is 54.6 Å². The molecule has 4 aromatic carbocycles. The lowest BCUT2D eigenvalue weighted by Crippen LogP contribution is -2.49. The summed E-state index contributed by atoms with van der Waals surface area (Å²) < 4.78 is 11.6. The van der Waals surface area contributed by atoms with E-state index in [0.717, 1.165) is 42.5 Å². The minimum absolute atomic E-state index is 0.194. The number of benzene rings is 4. The molecule has 0 aromatic heterocycles. The summed E-state index contributed by atoms with van der Waals surface area (Å²) in [5, 5.41) is 0.775. The molecule has 0 aliphatic carbocycles. The lowest BCUT2D eigenvalue weighted by atomic mass is 9.96. The molecule has 1 saturated heterocycles.